The summed E-state index contributed by atoms with van der Waals surface area (Å²) in [5, 5.41) is 5.71. The van der Waals surface area contributed by atoms with Gasteiger partial charge in [0, 0.05) is 18.1 Å². The molecule has 0 spiro atoms. The summed E-state index contributed by atoms with van der Waals surface area (Å²) in [6.45, 7) is 2.67. The second-order valence-corrected chi connectivity index (χ2v) is 9.31. The third-order valence-electron chi connectivity index (χ3n) is 4.31. The Labute approximate surface area is 181 Å². The first-order valence-corrected chi connectivity index (χ1v) is 11.7. The highest BCUT2D eigenvalue weighted by molar-refractivity contribution is 8.09. The van der Waals surface area contributed by atoms with Gasteiger partial charge in [-0.05, 0) is 31.9 Å². The predicted octanol–water partition coefficient (Wildman–Crippen LogP) is 1.79. The fraction of sp³-hybridized carbons (Fsp3) is 0.368. The maximum Gasteiger partial charge on any atom is 0.253 e. The van der Waals surface area contributed by atoms with Crippen LogP contribution in [-0.2, 0) is 22.3 Å². The number of thioether (sulfide) groups is 1. The number of rotatable bonds is 9. The van der Waals surface area contributed by atoms with Crippen LogP contribution < -0.4 is 20.1 Å². The highest BCUT2D eigenvalue weighted by Crippen LogP contribution is 2.33. The van der Waals surface area contributed by atoms with Crippen LogP contribution >= 0.6 is 11.8 Å². The zero-order chi connectivity index (χ0) is 20.9. The van der Waals surface area contributed by atoms with Crippen LogP contribution in [0.15, 0.2) is 36.9 Å². The number of hydrogen-bond acceptors (Lipinski definition) is 8. The largest absolute Gasteiger partial charge is 0.477 e. The van der Waals surface area contributed by atoms with E-state index in [2.05, 4.69) is 30.3 Å². The molecule has 11 heteroatoms. The van der Waals surface area contributed by atoms with E-state index in [1.54, 1.807) is 36.9 Å². The smallest absolute Gasteiger partial charge is 0.253 e. The molecule has 158 valence electrons. The highest BCUT2D eigenvalue weighted by Gasteiger charge is 2.29. The van der Waals surface area contributed by atoms with Gasteiger partial charge in [-0.25, -0.2) is 9.19 Å². The molecule has 0 radical (unpaired) electrons. The van der Waals surface area contributed by atoms with Crippen molar-refractivity contribution in [1.29, 1.82) is 0 Å². The third kappa shape index (κ3) is 5.28. The van der Waals surface area contributed by atoms with Gasteiger partial charge in [-0.2, -0.15) is 0 Å². The van der Waals surface area contributed by atoms with Crippen molar-refractivity contribution in [3.63, 3.8) is 0 Å². The maximum absolute atomic E-state index is 12.5. The van der Waals surface area contributed by atoms with E-state index in [4.69, 9.17) is 4.74 Å². The third-order valence-corrected chi connectivity index (χ3v) is 6.99. The predicted molar refractivity (Wildman–Crippen MR) is 117 cm³/mol. The van der Waals surface area contributed by atoms with Crippen molar-refractivity contribution in [3.8, 4) is 5.88 Å². The molecule has 2 aromatic rings. The molecule has 0 bridgehead atoms. The van der Waals surface area contributed by atoms with Crippen LogP contribution in [0.5, 0.6) is 5.88 Å². The summed E-state index contributed by atoms with van der Waals surface area (Å²) in [6.07, 6.45) is 8.58. The molecule has 2 atom stereocenters. The van der Waals surface area contributed by atoms with Gasteiger partial charge in [-0.3, -0.25) is 14.8 Å². The first-order valence-electron chi connectivity index (χ1n) is 9.60. The molecule has 3 heterocycles. The summed E-state index contributed by atoms with van der Waals surface area (Å²) in [4.78, 5) is 26.2. The Kier molecular flexibility index (Phi) is 6.48. The Balaban J connectivity index is 1.29. The van der Waals surface area contributed by atoms with Crippen LogP contribution in [0.1, 0.15) is 31.2 Å². The fourth-order valence-corrected chi connectivity index (χ4v) is 4.71. The highest BCUT2D eigenvalue weighted by atomic mass is 32.2. The number of carbonyl (C=O) groups is 1. The second-order valence-electron chi connectivity index (χ2n) is 6.70. The lowest BCUT2D eigenvalue weighted by molar-refractivity contribution is -0.121. The Morgan fingerprint density at radius 1 is 1.40 bits per heavy atom. The normalized spacial score (nSPS) is 18.8. The summed E-state index contributed by atoms with van der Waals surface area (Å²) in [5.41, 5.74) is 2.08. The van der Waals surface area contributed by atoms with E-state index in [0.717, 1.165) is 23.4 Å². The van der Waals surface area contributed by atoms with Crippen molar-refractivity contribution in [1.82, 2.24) is 25.6 Å². The lowest BCUT2D eigenvalue weighted by atomic mass is 10.3. The zero-order valence-electron chi connectivity index (χ0n) is 16.3. The Bertz CT molecular complexity index is 982. The number of nitrogens with one attached hydrogen (secondary N) is 3. The summed E-state index contributed by atoms with van der Waals surface area (Å²) in [7, 11) is -1.07. The fourth-order valence-electron chi connectivity index (χ4n) is 2.68. The first-order chi connectivity index (χ1) is 14.6. The number of hydrogen-bond donors (Lipinski definition) is 3. The average molecular weight is 447 g/mol. The molecule has 0 saturated heterocycles. The molecule has 1 aliphatic heterocycles. The van der Waals surface area contributed by atoms with E-state index in [0.29, 0.717) is 23.9 Å². The molecular weight excluding hydrogens is 424 g/mol. The number of aromatic nitrogens is 3. The van der Waals surface area contributed by atoms with Crippen molar-refractivity contribution >= 4 is 39.2 Å². The van der Waals surface area contributed by atoms with E-state index in [1.807, 2.05) is 6.92 Å². The van der Waals surface area contributed by atoms with Crippen LogP contribution in [0.2, 0.25) is 0 Å². The molecule has 3 N–H and O–H groups in total. The minimum absolute atomic E-state index is 0.165. The average Bonchev–Trinajstić information content (AvgIpc) is 3.49. The van der Waals surface area contributed by atoms with Gasteiger partial charge in [0.25, 0.3) is 5.91 Å². The van der Waals surface area contributed by atoms with E-state index in [1.165, 1.54) is 11.8 Å². The van der Waals surface area contributed by atoms with Gasteiger partial charge < -0.3 is 20.1 Å². The number of amides is 1. The topological polar surface area (TPSA) is 118 Å². The number of nitrogens with zero attached hydrogens (tertiary/aromatic N) is 3. The SMILES string of the molecule is CCOc1cncc(C2=CNC(C(=O)NCc3cc(NS(=O)C4CC4)ccn3)S2)n1. The summed E-state index contributed by atoms with van der Waals surface area (Å²) in [5.74, 6) is 0.286. The molecule has 1 aliphatic carbocycles. The van der Waals surface area contributed by atoms with Crippen molar-refractivity contribution in [2.75, 3.05) is 11.3 Å². The standard InChI is InChI=1S/C19H22N6O3S2/c1-2-28-17-11-20-9-15(24-17)16-10-23-19(29-16)18(26)22-8-13-7-12(5-6-21-13)25-30(27)14-3-4-14/h5-7,9-11,14,19,23H,2-4,8H2,1H3,(H,21,25)(H,22,26). The number of ether oxygens (including phenoxy) is 1. The van der Waals surface area contributed by atoms with Gasteiger partial charge >= 0.3 is 0 Å². The van der Waals surface area contributed by atoms with Crippen molar-refractivity contribution in [3.05, 3.63) is 48.3 Å². The second kappa shape index (κ2) is 9.43. The van der Waals surface area contributed by atoms with Crippen LogP contribution in [-0.4, -0.2) is 42.3 Å². The van der Waals surface area contributed by atoms with Gasteiger partial charge in [0.05, 0.1) is 41.4 Å². The van der Waals surface area contributed by atoms with Crippen LogP contribution in [0.4, 0.5) is 5.69 Å². The summed E-state index contributed by atoms with van der Waals surface area (Å²) >= 11 is 1.36. The maximum atomic E-state index is 12.5. The Hall–Kier alpha value is -2.66. The summed E-state index contributed by atoms with van der Waals surface area (Å²) in [6, 6.07) is 3.57. The molecule has 4 rings (SSSR count). The number of anilines is 1. The Morgan fingerprint density at radius 2 is 2.27 bits per heavy atom. The molecule has 0 aromatic carbocycles. The molecule has 9 nitrogen and oxygen atoms in total. The lowest BCUT2D eigenvalue weighted by Gasteiger charge is -2.12. The summed E-state index contributed by atoms with van der Waals surface area (Å²) < 4.78 is 20.4. The van der Waals surface area contributed by atoms with Crippen molar-refractivity contribution < 1.29 is 13.7 Å². The van der Waals surface area contributed by atoms with Gasteiger partial charge in [0.15, 0.2) is 5.37 Å². The van der Waals surface area contributed by atoms with Crippen LogP contribution in [0.25, 0.3) is 4.91 Å². The van der Waals surface area contributed by atoms with Gasteiger partial charge in [-0.15, -0.1) is 0 Å². The molecule has 30 heavy (non-hydrogen) atoms. The zero-order valence-corrected chi connectivity index (χ0v) is 18.0. The van der Waals surface area contributed by atoms with Crippen molar-refractivity contribution in [2.24, 2.45) is 0 Å². The lowest BCUT2D eigenvalue weighted by Crippen LogP contribution is -2.37. The van der Waals surface area contributed by atoms with E-state index in [9.17, 15) is 9.00 Å². The molecule has 2 unspecified atom stereocenters. The van der Waals surface area contributed by atoms with E-state index < -0.39 is 16.4 Å². The van der Waals surface area contributed by atoms with Crippen LogP contribution in [0, 0.1) is 0 Å². The number of carbonyl (C=O) groups excluding carboxylic acids is 1. The van der Waals surface area contributed by atoms with E-state index in [-0.39, 0.29) is 17.7 Å². The molecule has 2 aliphatic rings. The van der Waals surface area contributed by atoms with E-state index >= 15 is 0 Å². The molecule has 1 amide bonds. The minimum Gasteiger partial charge on any atom is -0.477 e. The molecular formula is C19H22N6O3S2. The van der Waals surface area contributed by atoms with Crippen molar-refractivity contribution in [2.45, 2.75) is 36.9 Å². The van der Waals surface area contributed by atoms with Gasteiger partial charge in [0.1, 0.15) is 16.7 Å². The Morgan fingerprint density at radius 3 is 3.07 bits per heavy atom. The monoisotopic (exact) mass is 446 g/mol. The van der Waals surface area contributed by atoms with Gasteiger partial charge in [0.2, 0.25) is 5.88 Å². The van der Waals surface area contributed by atoms with Crippen LogP contribution in [0.3, 0.4) is 0 Å². The molecule has 1 fully saturated rings. The van der Waals surface area contributed by atoms with Gasteiger partial charge in [-0.1, -0.05) is 11.8 Å². The first kappa shape index (κ1) is 20.6. The quantitative estimate of drug-likeness (QED) is 0.534. The minimum atomic E-state index is -1.07. The molecule has 2 aromatic heterocycles. The molecule has 1 saturated carbocycles. The number of pyridine rings is 1.